The number of nitrogens with zero attached hydrogens (tertiary/aromatic N) is 1. The first-order valence-corrected chi connectivity index (χ1v) is 3.67. The maximum absolute atomic E-state index is 11.2. The SMILES string of the molecule is CCn1[nH]cc(CCO)c1=O. The highest BCUT2D eigenvalue weighted by Gasteiger charge is 2.02. The molecule has 0 saturated heterocycles. The molecule has 0 bridgehead atoms. The molecule has 0 spiro atoms. The zero-order valence-electron chi connectivity index (χ0n) is 6.50. The number of H-pyrrole nitrogens is 1. The molecule has 0 saturated carbocycles. The zero-order chi connectivity index (χ0) is 8.27. The first-order chi connectivity index (χ1) is 5.29. The van der Waals surface area contributed by atoms with E-state index in [2.05, 4.69) is 5.10 Å². The third kappa shape index (κ3) is 1.51. The van der Waals surface area contributed by atoms with Crippen molar-refractivity contribution in [2.24, 2.45) is 0 Å². The molecule has 4 nitrogen and oxygen atoms in total. The Balaban J connectivity index is 2.92. The quantitative estimate of drug-likeness (QED) is 0.633. The van der Waals surface area contributed by atoms with Crippen molar-refractivity contribution < 1.29 is 5.11 Å². The van der Waals surface area contributed by atoms with Crippen molar-refractivity contribution >= 4 is 0 Å². The molecule has 62 valence electrons. The van der Waals surface area contributed by atoms with E-state index in [1.165, 1.54) is 4.68 Å². The third-order valence-corrected chi connectivity index (χ3v) is 1.61. The lowest BCUT2D eigenvalue weighted by atomic mass is 10.3. The molecule has 0 atom stereocenters. The van der Waals surface area contributed by atoms with E-state index in [4.69, 9.17) is 5.11 Å². The van der Waals surface area contributed by atoms with E-state index in [1.807, 2.05) is 6.92 Å². The van der Waals surface area contributed by atoms with Crippen molar-refractivity contribution in [1.29, 1.82) is 0 Å². The van der Waals surface area contributed by atoms with Crippen LogP contribution in [0.25, 0.3) is 0 Å². The van der Waals surface area contributed by atoms with Gasteiger partial charge in [0.2, 0.25) is 0 Å². The summed E-state index contributed by atoms with van der Waals surface area (Å²) in [6.07, 6.45) is 2.07. The monoisotopic (exact) mass is 156 g/mol. The van der Waals surface area contributed by atoms with Crippen LogP contribution in [-0.2, 0) is 13.0 Å². The van der Waals surface area contributed by atoms with Crippen LogP contribution in [0, 0.1) is 0 Å². The number of hydrogen-bond donors (Lipinski definition) is 2. The average Bonchev–Trinajstić information content (AvgIpc) is 2.34. The summed E-state index contributed by atoms with van der Waals surface area (Å²) in [7, 11) is 0. The lowest BCUT2D eigenvalue weighted by Crippen LogP contribution is -2.18. The van der Waals surface area contributed by atoms with E-state index in [0.29, 0.717) is 18.5 Å². The number of rotatable bonds is 3. The van der Waals surface area contributed by atoms with Crippen molar-refractivity contribution in [1.82, 2.24) is 9.78 Å². The predicted octanol–water partition coefficient (Wildman–Crippen LogP) is -0.269. The topological polar surface area (TPSA) is 58.0 Å². The van der Waals surface area contributed by atoms with E-state index in [1.54, 1.807) is 6.20 Å². The molecule has 0 aliphatic rings. The number of aromatic nitrogens is 2. The summed E-state index contributed by atoms with van der Waals surface area (Å²) in [5.74, 6) is 0. The second-order valence-corrected chi connectivity index (χ2v) is 2.32. The van der Waals surface area contributed by atoms with Crippen LogP contribution >= 0.6 is 0 Å². The molecule has 1 aromatic rings. The van der Waals surface area contributed by atoms with E-state index in [9.17, 15) is 4.79 Å². The molecule has 1 aromatic heterocycles. The molecule has 4 heteroatoms. The van der Waals surface area contributed by atoms with Crippen molar-refractivity contribution in [2.45, 2.75) is 19.9 Å². The van der Waals surface area contributed by atoms with Crippen molar-refractivity contribution in [2.75, 3.05) is 6.61 Å². The molecule has 1 rings (SSSR count). The minimum atomic E-state index is -0.0263. The molecule has 0 aliphatic heterocycles. The van der Waals surface area contributed by atoms with Gasteiger partial charge in [0.25, 0.3) is 5.56 Å². The lowest BCUT2D eigenvalue weighted by molar-refractivity contribution is 0.299. The van der Waals surface area contributed by atoms with Gasteiger partial charge in [-0.1, -0.05) is 0 Å². The van der Waals surface area contributed by atoms with Crippen LogP contribution in [0.2, 0.25) is 0 Å². The molecule has 0 aromatic carbocycles. The normalized spacial score (nSPS) is 10.4. The van der Waals surface area contributed by atoms with E-state index in [-0.39, 0.29) is 12.2 Å². The molecule has 0 radical (unpaired) electrons. The largest absolute Gasteiger partial charge is 0.396 e. The van der Waals surface area contributed by atoms with Gasteiger partial charge in [-0.25, -0.2) is 0 Å². The molecular weight excluding hydrogens is 144 g/mol. The highest BCUT2D eigenvalue weighted by Crippen LogP contribution is 1.89. The molecule has 11 heavy (non-hydrogen) atoms. The van der Waals surface area contributed by atoms with Gasteiger partial charge < -0.3 is 10.2 Å². The Morgan fingerprint density at radius 2 is 2.45 bits per heavy atom. The number of nitrogens with one attached hydrogen (secondary N) is 1. The molecular formula is C7H12N2O2. The summed E-state index contributed by atoms with van der Waals surface area (Å²) >= 11 is 0. The minimum Gasteiger partial charge on any atom is -0.396 e. The summed E-state index contributed by atoms with van der Waals surface area (Å²) in [5, 5.41) is 11.4. The van der Waals surface area contributed by atoms with Gasteiger partial charge in [-0.2, -0.15) is 0 Å². The number of aliphatic hydroxyl groups is 1. The van der Waals surface area contributed by atoms with Crippen LogP contribution in [0.5, 0.6) is 0 Å². The summed E-state index contributed by atoms with van der Waals surface area (Å²) < 4.78 is 1.50. The van der Waals surface area contributed by atoms with Gasteiger partial charge >= 0.3 is 0 Å². The maximum atomic E-state index is 11.2. The average molecular weight is 156 g/mol. The molecule has 0 aliphatic carbocycles. The summed E-state index contributed by atoms with van der Waals surface area (Å²) in [6.45, 7) is 2.56. The van der Waals surface area contributed by atoms with E-state index < -0.39 is 0 Å². The molecule has 2 N–H and O–H groups in total. The number of aliphatic hydroxyl groups excluding tert-OH is 1. The number of aromatic amines is 1. The van der Waals surface area contributed by atoms with Gasteiger partial charge in [0.05, 0.1) is 0 Å². The van der Waals surface area contributed by atoms with Crippen LogP contribution in [0.3, 0.4) is 0 Å². The van der Waals surface area contributed by atoms with Gasteiger partial charge in [0.15, 0.2) is 0 Å². The highest BCUT2D eigenvalue weighted by atomic mass is 16.3. The van der Waals surface area contributed by atoms with Gasteiger partial charge in [-0.05, 0) is 6.92 Å². The molecule has 0 amide bonds. The third-order valence-electron chi connectivity index (χ3n) is 1.61. The summed E-state index contributed by atoms with van der Waals surface area (Å²) in [6, 6.07) is 0. The summed E-state index contributed by atoms with van der Waals surface area (Å²) in [4.78, 5) is 11.2. The highest BCUT2D eigenvalue weighted by molar-refractivity contribution is 5.04. The van der Waals surface area contributed by atoms with Crippen LogP contribution in [-0.4, -0.2) is 21.5 Å². The predicted molar refractivity (Wildman–Crippen MR) is 41.5 cm³/mol. The molecule has 0 fully saturated rings. The van der Waals surface area contributed by atoms with Crippen molar-refractivity contribution in [3.05, 3.63) is 22.1 Å². The van der Waals surface area contributed by atoms with E-state index in [0.717, 1.165) is 0 Å². The Labute approximate surface area is 64.5 Å². The van der Waals surface area contributed by atoms with E-state index >= 15 is 0 Å². The minimum absolute atomic E-state index is 0.0246. The summed E-state index contributed by atoms with van der Waals surface area (Å²) in [5.41, 5.74) is 0.621. The second-order valence-electron chi connectivity index (χ2n) is 2.32. The first-order valence-electron chi connectivity index (χ1n) is 3.67. The zero-order valence-corrected chi connectivity index (χ0v) is 6.50. The van der Waals surface area contributed by atoms with Crippen molar-refractivity contribution in [3.63, 3.8) is 0 Å². The first kappa shape index (κ1) is 8.07. The van der Waals surface area contributed by atoms with Gasteiger partial charge in [0, 0.05) is 31.3 Å². The fourth-order valence-corrected chi connectivity index (χ4v) is 0.984. The maximum Gasteiger partial charge on any atom is 0.269 e. The smallest absolute Gasteiger partial charge is 0.269 e. The Morgan fingerprint density at radius 3 is 2.91 bits per heavy atom. The fourth-order valence-electron chi connectivity index (χ4n) is 0.984. The van der Waals surface area contributed by atoms with Crippen LogP contribution in [0.1, 0.15) is 12.5 Å². The lowest BCUT2D eigenvalue weighted by Gasteiger charge is -1.91. The fraction of sp³-hybridized carbons (Fsp3) is 0.571. The Hall–Kier alpha value is -1.03. The number of hydrogen-bond acceptors (Lipinski definition) is 2. The van der Waals surface area contributed by atoms with Crippen LogP contribution in [0.15, 0.2) is 11.0 Å². The molecule has 1 heterocycles. The molecule has 0 unspecified atom stereocenters. The van der Waals surface area contributed by atoms with Crippen LogP contribution < -0.4 is 5.56 Å². The Morgan fingerprint density at radius 1 is 1.73 bits per heavy atom. The second kappa shape index (κ2) is 3.39. The van der Waals surface area contributed by atoms with Crippen molar-refractivity contribution in [3.8, 4) is 0 Å². The standard InChI is InChI=1S/C7H12N2O2/c1-2-9-7(11)6(3-4-10)5-8-9/h5,8,10H,2-4H2,1H3. The van der Waals surface area contributed by atoms with Gasteiger partial charge in [0.1, 0.15) is 0 Å². The van der Waals surface area contributed by atoms with Gasteiger partial charge in [-0.15, -0.1) is 0 Å². The number of aryl methyl sites for hydroxylation is 1. The Kier molecular flexibility index (Phi) is 2.48. The Bertz CT molecular complexity index is 274. The van der Waals surface area contributed by atoms with Gasteiger partial charge in [-0.3, -0.25) is 9.48 Å². The van der Waals surface area contributed by atoms with Crippen LogP contribution in [0.4, 0.5) is 0 Å².